The number of benzene rings is 1. The third kappa shape index (κ3) is 4.29. The summed E-state index contributed by atoms with van der Waals surface area (Å²) in [4.78, 5) is 4.83. The highest BCUT2D eigenvalue weighted by atomic mass is 19.1. The Labute approximate surface area is 138 Å². The van der Waals surface area contributed by atoms with Gasteiger partial charge in [0.25, 0.3) is 0 Å². The molecule has 1 aromatic rings. The van der Waals surface area contributed by atoms with Crippen LogP contribution in [0, 0.1) is 5.82 Å². The summed E-state index contributed by atoms with van der Waals surface area (Å²) in [5.41, 5.74) is 0.887. The first-order chi connectivity index (χ1) is 11.1. The Morgan fingerprint density at radius 2 is 1.91 bits per heavy atom. The van der Waals surface area contributed by atoms with Crippen LogP contribution in [0.5, 0.6) is 0 Å². The van der Waals surface area contributed by atoms with E-state index in [0.29, 0.717) is 12.6 Å². The zero-order chi connectivity index (χ0) is 16.3. The summed E-state index contributed by atoms with van der Waals surface area (Å²) in [7, 11) is 0. The number of nitrogens with zero attached hydrogens (tertiary/aromatic N) is 2. The quantitative estimate of drug-likeness (QED) is 0.851. The van der Waals surface area contributed by atoms with Gasteiger partial charge in [0.15, 0.2) is 0 Å². The minimum absolute atomic E-state index is 0.183. The zero-order valence-corrected chi connectivity index (χ0v) is 14.1. The lowest BCUT2D eigenvalue weighted by molar-refractivity contribution is -0.144. The maximum absolute atomic E-state index is 13.1. The van der Waals surface area contributed by atoms with Gasteiger partial charge in [-0.3, -0.25) is 9.80 Å². The van der Waals surface area contributed by atoms with Crippen LogP contribution in [0.4, 0.5) is 4.39 Å². The second-order valence-corrected chi connectivity index (χ2v) is 6.99. The number of hydrogen-bond acceptors (Lipinski definition) is 4. The average molecular weight is 322 g/mol. The molecule has 2 fully saturated rings. The van der Waals surface area contributed by atoms with E-state index >= 15 is 0 Å². The van der Waals surface area contributed by atoms with Crippen molar-refractivity contribution in [1.29, 1.82) is 0 Å². The molecule has 0 amide bonds. The minimum atomic E-state index is -0.251. The molecule has 2 aliphatic rings. The van der Waals surface area contributed by atoms with Crippen molar-refractivity contribution in [2.45, 2.75) is 32.0 Å². The van der Waals surface area contributed by atoms with Crippen LogP contribution < -0.4 is 0 Å². The van der Waals surface area contributed by atoms with Gasteiger partial charge in [-0.2, -0.15) is 0 Å². The van der Waals surface area contributed by atoms with Crippen molar-refractivity contribution in [2.24, 2.45) is 0 Å². The van der Waals surface area contributed by atoms with Crippen molar-refractivity contribution < 1.29 is 13.9 Å². The third-order valence-corrected chi connectivity index (χ3v) is 4.76. The molecule has 3 rings (SSSR count). The van der Waals surface area contributed by atoms with Crippen molar-refractivity contribution in [3.63, 3.8) is 0 Å². The van der Waals surface area contributed by atoms with Crippen molar-refractivity contribution in [3.05, 3.63) is 35.6 Å². The first-order valence-corrected chi connectivity index (χ1v) is 8.49. The van der Waals surface area contributed by atoms with Gasteiger partial charge in [0, 0.05) is 38.8 Å². The summed E-state index contributed by atoms with van der Waals surface area (Å²) in [5, 5.41) is 0. The molecule has 2 aliphatic heterocycles. The maximum Gasteiger partial charge on any atom is 0.123 e. The second-order valence-electron chi connectivity index (χ2n) is 6.99. The van der Waals surface area contributed by atoms with Gasteiger partial charge in [-0.1, -0.05) is 12.1 Å². The van der Waals surface area contributed by atoms with Gasteiger partial charge in [-0.15, -0.1) is 0 Å². The van der Waals surface area contributed by atoms with Gasteiger partial charge in [0.05, 0.1) is 19.8 Å². The lowest BCUT2D eigenvalue weighted by Crippen LogP contribution is -2.59. The Morgan fingerprint density at radius 3 is 2.65 bits per heavy atom. The smallest absolute Gasteiger partial charge is 0.123 e. The largest absolute Gasteiger partial charge is 0.377 e. The normalized spacial score (nSPS) is 27.5. The molecular formula is C18H27FN2O2. The fourth-order valence-electron chi connectivity index (χ4n) is 3.46. The van der Waals surface area contributed by atoms with Crippen LogP contribution >= 0.6 is 0 Å². The van der Waals surface area contributed by atoms with Gasteiger partial charge in [-0.05, 0) is 31.5 Å². The highest BCUT2D eigenvalue weighted by Gasteiger charge is 2.40. The molecule has 0 unspecified atom stereocenters. The van der Waals surface area contributed by atoms with E-state index in [-0.39, 0.29) is 11.4 Å². The fourth-order valence-corrected chi connectivity index (χ4v) is 3.46. The van der Waals surface area contributed by atoms with E-state index in [2.05, 4.69) is 23.6 Å². The van der Waals surface area contributed by atoms with Gasteiger partial charge in [-0.25, -0.2) is 4.39 Å². The number of halogens is 1. The van der Waals surface area contributed by atoms with Crippen molar-refractivity contribution in [2.75, 3.05) is 46.0 Å². The summed E-state index contributed by atoms with van der Waals surface area (Å²) in [6.07, 6.45) is 0. The fraction of sp³-hybridized carbons (Fsp3) is 0.667. The van der Waals surface area contributed by atoms with Crippen LogP contribution in [-0.2, 0) is 16.0 Å². The van der Waals surface area contributed by atoms with Crippen LogP contribution in [0.2, 0.25) is 0 Å². The van der Waals surface area contributed by atoms with Crippen LogP contribution in [0.15, 0.2) is 24.3 Å². The summed E-state index contributed by atoms with van der Waals surface area (Å²) in [6.45, 7) is 11.0. The molecule has 0 aliphatic carbocycles. The Bertz CT molecular complexity index is 508. The predicted octanol–water partition coefficient (Wildman–Crippen LogP) is 2.14. The van der Waals surface area contributed by atoms with Gasteiger partial charge in [0.2, 0.25) is 0 Å². The molecule has 0 bridgehead atoms. The van der Waals surface area contributed by atoms with Crippen LogP contribution in [-0.4, -0.2) is 67.4 Å². The van der Waals surface area contributed by atoms with E-state index in [9.17, 15) is 4.39 Å². The lowest BCUT2D eigenvalue weighted by Gasteiger charge is -2.44. The molecule has 1 spiro atoms. The predicted molar refractivity (Wildman–Crippen MR) is 87.9 cm³/mol. The Hall–Kier alpha value is -1.01. The molecular weight excluding hydrogens is 295 g/mol. The molecule has 0 N–H and O–H groups in total. The van der Waals surface area contributed by atoms with Gasteiger partial charge in [0.1, 0.15) is 11.4 Å². The van der Waals surface area contributed by atoms with E-state index in [1.807, 2.05) is 12.1 Å². The minimum Gasteiger partial charge on any atom is -0.377 e. The lowest BCUT2D eigenvalue weighted by atomic mass is 10.0. The number of ether oxygens (including phenoxy) is 2. The summed E-state index contributed by atoms with van der Waals surface area (Å²) < 4.78 is 25.1. The molecule has 0 saturated carbocycles. The Kier molecular flexibility index (Phi) is 5.31. The molecule has 23 heavy (non-hydrogen) atoms. The van der Waals surface area contributed by atoms with Crippen molar-refractivity contribution in [3.8, 4) is 0 Å². The number of rotatable bonds is 3. The second kappa shape index (κ2) is 7.26. The molecule has 128 valence electrons. The molecule has 2 saturated heterocycles. The third-order valence-electron chi connectivity index (χ3n) is 4.76. The van der Waals surface area contributed by atoms with Crippen molar-refractivity contribution >= 4 is 0 Å². The van der Waals surface area contributed by atoms with Crippen LogP contribution in [0.3, 0.4) is 0 Å². The number of hydrogen-bond donors (Lipinski definition) is 0. The highest BCUT2D eigenvalue weighted by molar-refractivity contribution is 5.16. The first kappa shape index (κ1) is 16.8. The topological polar surface area (TPSA) is 24.9 Å². The van der Waals surface area contributed by atoms with Crippen LogP contribution in [0.1, 0.15) is 19.4 Å². The van der Waals surface area contributed by atoms with E-state index in [0.717, 1.165) is 51.5 Å². The monoisotopic (exact) mass is 322 g/mol. The van der Waals surface area contributed by atoms with Crippen LogP contribution in [0.25, 0.3) is 0 Å². The maximum atomic E-state index is 13.1. The van der Waals surface area contributed by atoms with Crippen molar-refractivity contribution in [1.82, 2.24) is 9.80 Å². The molecule has 1 atom stereocenters. The summed E-state index contributed by atoms with van der Waals surface area (Å²) in [5.74, 6) is -0.183. The summed E-state index contributed by atoms with van der Waals surface area (Å²) in [6, 6.07) is 7.27. The number of morpholine rings is 1. The zero-order valence-electron chi connectivity index (χ0n) is 14.1. The Balaban J connectivity index is 1.67. The molecule has 2 heterocycles. The van der Waals surface area contributed by atoms with E-state index < -0.39 is 0 Å². The molecule has 0 aromatic heterocycles. The summed E-state index contributed by atoms with van der Waals surface area (Å²) >= 11 is 0. The molecule has 1 aromatic carbocycles. The van der Waals surface area contributed by atoms with Gasteiger partial charge >= 0.3 is 0 Å². The molecule has 0 radical (unpaired) electrons. The molecule has 4 nitrogen and oxygen atoms in total. The van der Waals surface area contributed by atoms with E-state index in [4.69, 9.17) is 9.47 Å². The molecule has 5 heteroatoms. The van der Waals surface area contributed by atoms with E-state index in [1.165, 1.54) is 12.1 Å². The Morgan fingerprint density at radius 1 is 1.13 bits per heavy atom. The SMILES string of the molecule is CC(C)N1CCOC[C@@]2(CN(Cc3ccc(F)cc3)CCO2)C1. The first-order valence-electron chi connectivity index (χ1n) is 8.49. The van der Waals surface area contributed by atoms with E-state index in [1.54, 1.807) is 0 Å². The highest BCUT2D eigenvalue weighted by Crippen LogP contribution is 2.24. The standard InChI is InChI=1S/C18H27FN2O2/c1-15(2)21-8-9-22-14-18(13-21)12-20(7-10-23-18)11-16-3-5-17(19)6-4-16/h3-6,15H,7-14H2,1-2H3/t18-/m1/s1. The van der Waals surface area contributed by atoms with Gasteiger partial charge < -0.3 is 9.47 Å². The average Bonchev–Trinajstić information content (AvgIpc) is 2.73.